The number of nitrogens with one attached hydrogen (secondary N) is 1. The van der Waals surface area contributed by atoms with E-state index in [1.807, 2.05) is 0 Å². The van der Waals surface area contributed by atoms with Crippen molar-refractivity contribution < 1.29 is 20.1 Å². The van der Waals surface area contributed by atoms with Crippen molar-refractivity contribution in [2.75, 3.05) is 0 Å². The second-order valence-corrected chi connectivity index (χ2v) is 3.89. The summed E-state index contributed by atoms with van der Waals surface area (Å²) in [7, 11) is 0. The fraction of sp³-hybridized carbons (Fsp3) is 0.273. The fourth-order valence-electron chi connectivity index (χ4n) is 1.74. The minimum atomic E-state index is -1.84. The molecule has 2 unspecified atom stereocenters. The van der Waals surface area contributed by atoms with E-state index in [0.717, 1.165) is 10.9 Å². The van der Waals surface area contributed by atoms with Gasteiger partial charge in [0.15, 0.2) is 6.10 Å². The van der Waals surface area contributed by atoms with Gasteiger partial charge in [-0.25, -0.2) is 4.79 Å². The molecule has 4 N–H and O–H groups in total. The minimum absolute atomic E-state index is 0.383. The van der Waals surface area contributed by atoms with Crippen LogP contribution in [0.25, 0.3) is 10.9 Å². The number of H-pyrrole nitrogens is 1. The number of carboxylic acid groups (broad SMARTS) is 1. The van der Waals surface area contributed by atoms with E-state index in [9.17, 15) is 15.0 Å². The maximum atomic E-state index is 10.6. The lowest BCUT2D eigenvalue weighted by Crippen LogP contribution is -2.27. The van der Waals surface area contributed by atoms with Crippen LogP contribution in [-0.4, -0.2) is 37.6 Å². The number of aliphatic hydroxyl groups is 2. The van der Waals surface area contributed by atoms with E-state index < -0.39 is 18.2 Å². The predicted octanol–water partition coefficient (Wildman–Crippen LogP) is 0.350. The van der Waals surface area contributed by atoms with Crippen molar-refractivity contribution in [3.05, 3.63) is 29.5 Å². The van der Waals surface area contributed by atoms with Gasteiger partial charge in [0, 0.05) is 5.39 Å². The summed E-state index contributed by atoms with van der Waals surface area (Å²) in [5, 5.41) is 35.1. The number of aliphatic carboxylic acids is 1. The number of hydrogen-bond donors (Lipinski definition) is 4. The highest BCUT2D eigenvalue weighted by Crippen LogP contribution is 2.25. The van der Waals surface area contributed by atoms with Crippen LogP contribution < -0.4 is 0 Å². The molecule has 0 saturated carbocycles. The molecule has 2 rings (SSSR count). The van der Waals surface area contributed by atoms with Crippen LogP contribution >= 0.6 is 0 Å². The molecule has 6 heteroatoms. The summed E-state index contributed by atoms with van der Waals surface area (Å²) in [6.45, 7) is 1.73. The number of aryl methyl sites for hydroxylation is 1. The van der Waals surface area contributed by atoms with Gasteiger partial charge in [-0.05, 0) is 30.2 Å². The Balaban J connectivity index is 2.46. The first-order valence-corrected chi connectivity index (χ1v) is 5.03. The standard InChI is InChI=1S/C11H12N2O4/c1-5-2-8-6(4-12-13-8)3-7(5)9(14)10(15)11(16)17/h2-4,9-10,14-15H,1H3,(H,12,13)(H,16,17). The van der Waals surface area contributed by atoms with Crippen molar-refractivity contribution in [1.29, 1.82) is 0 Å². The normalized spacial score (nSPS) is 14.8. The van der Waals surface area contributed by atoms with E-state index in [4.69, 9.17) is 5.11 Å². The van der Waals surface area contributed by atoms with Crippen molar-refractivity contribution in [3.8, 4) is 0 Å². The summed E-state index contributed by atoms with van der Waals surface area (Å²) >= 11 is 0. The van der Waals surface area contributed by atoms with Gasteiger partial charge in [0.05, 0.1) is 11.7 Å². The zero-order chi connectivity index (χ0) is 12.6. The molecule has 0 aliphatic heterocycles. The fourth-order valence-corrected chi connectivity index (χ4v) is 1.74. The zero-order valence-corrected chi connectivity index (χ0v) is 9.08. The minimum Gasteiger partial charge on any atom is -0.479 e. The Hall–Kier alpha value is -1.92. The summed E-state index contributed by atoms with van der Waals surface area (Å²) in [5.74, 6) is -1.45. The number of rotatable bonds is 3. The number of benzene rings is 1. The molecule has 1 aromatic heterocycles. The number of hydrogen-bond acceptors (Lipinski definition) is 4. The van der Waals surface area contributed by atoms with Gasteiger partial charge in [0.1, 0.15) is 6.10 Å². The van der Waals surface area contributed by atoms with Crippen LogP contribution in [0.5, 0.6) is 0 Å². The van der Waals surface area contributed by atoms with Crippen molar-refractivity contribution in [2.24, 2.45) is 0 Å². The maximum Gasteiger partial charge on any atom is 0.335 e. The Labute approximate surface area is 96.5 Å². The third-order valence-corrected chi connectivity index (χ3v) is 2.70. The molecular formula is C11H12N2O4. The number of nitrogens with zero attached hydrogens (tertiary/aromatic N) is 1. The lowest BCUT2D eigenvalue weighted by Gasteiger charge is -2.16. The van der Waals surface area contributed by atoms with Gasteiger partial charge in [-0.2, -0.15) is 5.10 Å². The van der Waals surface area contributed by atoms with Gasteiger partial charge >= 0.3 is 5.97 Å². The van der Waals surface area contributed by atoms with Crippen LogP contribution in [0, 0.1) is 6.92 Å². The van der Waals surface area contributed by atoms with Crippen molar-refractivity contribution in [2.45, 2.75) is 19.1 Å². The summed E-state index contributed by atoms with van der Waals surface area (Å²) < 4.78 is 0. The molecule has 0 fully saturated rings. The van der Waals surface area contributed by atoms with E-state index in [1.54, 1.807) is 25.3 Å². The highest BCUT2D eigenvalue weighted by molar-refractivity contribution is 5.80. The van der Waals surface area contributed by atoms with Crippen LogP contribution in [0.2, 0.25) is 0 Å². The second-order valence-electron chi connectivity index (χ2n) is 3.89. The van der Waals surface area contributed by atoms with E-state index in [1.165, 1.54) is 0 Å². The molecule has 1 heterocycles. The average molecular weight is 236 g/mol. The van der Waals surface area contributed by atoms with Crippen LogP contribution in [-0.2, 0) is 4.79 Å². The number of aromatic amines is 1. The Kier molecular flexibility index (Phi) is 2.83. The topological polar surface area (TPSA) is 106 Å². The van der Waals surface area contributed by atoms with Gasteiger partial charge < -0.3 is 15.3 Å². The molecule has 6 nitrogen and oxygen atoms in total. The molecule has 0 spiro atoms. The molecular weight excluding hydrogens is 224 g/mol. The van der Waals surface area contributed by atoms with Gasteiger partial charge in [0.2, 0.25) is 0 Å². The summed E-state index contributed by atoms with van der Waals surface area (Å²) in [5.41, 5.74) is 1.87. The zero-order valence-electron chi connectivity index (χ0n) is 9.08. The number of carboxylic acids is 1. The molecule has 1 aromatic carbocycles. The molecule has 0 bridgehead atoms. The molecule has 0 saturated heterocycles. The van der Waals surface area contributed by atoms with Crippen molar-refractivity contribution >= 4 is 16.9 Å². The van der Waals surface area contributed by atoms with Crippen molar-refractivity contribution in [1.82, 2.24) is 10.2 Å². The molecule has 0 amide bonds. The SMILES string of the molecule is Cc1cc2[nH]ncc2cc1C(O)C(O)C(=O)O. The van der Waals surface area contributed by atoms with E-state index in [-0.39, 0.29) is 0 Å². The molecule has 17 heavy (non-hydrogen) atoms. The van der Waals surface area contributed by atoms with Crippen molar-refractivity contribution in [3.63, 3.8) is 0 Å². The molecule has 2 atom stereocenters. The molecule has 0 aliphatic rings. The Bertz CT molecular complexity index is 564. The second kappa shape index (κ2) is 4.15. The Morgan fingerprint density at radius 1 is 1.41 bits per heavy atom. The number of aliphatic hydroxyl groups excluding tert-OH is 2. The first kappa shape index (κ1) is 11.6. The largest absolute Gasteiger partial charge is 0.479 e. The number of fused-ring (bicyclic) bond motifs is 1. The first-order chi connectivity index (χ1) is 8.00. The summed E-state index contributed by atoms with van der Waals surface area (Å²) in [6, 6.07) is 3.36. The smallest absolute Gasteiger partial charge is 0.335 e. The van der Waals surface area contributed by atoms with E-state index in [0.29, 0.717) is 11.1 Å². The van der Waals surface area contributed by atoms with Gasteiger partial charge in [0.25, 0.3) is 0 Å². The van der Waals surface area contributed by atoms with Gasteiger partial charge in [-0.15, -0.1) is 0 Å². The Morgan fingerprint density at radius 3 is 2.76 bits per heavy atom. The molecule has 90 valence electrons. The van der Waals surface area contributed by atoms with Gasteiger partial charge in [-0.3, -0.25) is 5.10 Å². The van der Waals surface area contributed by atoms with E-state index in [2.05, 4.69) is 10.2 Å². The van der Waals surface area contributed by atoms with Crippen LogP contribution in [0.1, 0.15) is 17.2 Å². The lowest BCUT2D eigenvalue weighted by molar-refractivity contribution is -0.153. The third-order valence-electron chi connectivity index (χ3n) is 2.70. The quantitative estimate of drug-likeness (QED) is 0.615. The first-order valence-electron chi connectivity index (χ1n) is 5.03. The predicted molar refractivity (Wildman–Crippen MR) is 59.4 cm³/mol. The monoisotopic (exact) mass is 236 g/mol. The third kappa shape index (κ3) is 2.00. The highest BCUT2D eigenvalue weighted by Gasteiger charge is 2.26. The Morgan fingerprint density at radius 2 is 2.12 bits per heavy atom. The van der Waals surface area contributed by atoms with Crippen LogP contribution in [0.4, 0.5) is 0 Å². The lowest BCUT2D eigenvalue weighted by atomic mass is 9.98. The van der Waals surface area contributed by atoms with Gasteiger partial charge in [-0.1, -0.05) is 0 Å². The molecule has 2 aromatic rings. The molecule has 0 radical (unpaired) electrons. The van der Waals surface area contributed by atoms with Crippen LogP contribution in [0.15, 0.2) is 18.3 Å². The summed E-state index contributed by atoms with van der Waals surface area (Å²) in [4.78, 5) is 10.6. The average Bonchev–Trinajstić information content (AvgIpc) is 2.72. The summed E-state index contributed by atoms with van der Waals surface area (Å²) in [6.07, 6.45) is -1.72. The van der Waals surface area contributed by atoms with E-state index >= 15 is 0 Å². The number of aromatic nitrogens is 2. The van der Waals surface area contributed by atoms with Crippen LogP contribution in [0.3, 0.4) is 0 Å². The molecule has 0 aliphatic carbocycles. The maximum absolute atomic E-state index is 10.6. The number of carbonyl (C=O) groups is 1. The highest BCUT2D eigenvalue weighted by atomic mass is 16.4.